The summed E-state index contributed by atoms with van der Waals surface area (Å²) in [6.45, 7) is 4.25. The Morgan fingerprint density at radius 2 is 1.29 bits per heavy atom. The van der Waals surface area contributed by atoms with E-state index in [1.807, 2.05) is 89.8 Å². The van der Waals surface area contributed by atoms with E-state index in [2.05, 4.69) is 6.07 Å². The summed E-state index contributed by atoms with van der Waals surface area (Å²) >= 11 is 1.33. The van der Waals surface area contributed by atoms with Gasteiger partial charge in [0.2, 0.25) is 5.71 Å². The van der Waals surface area contributed by atoms with Crippen molar-refractivity contribution < 1.29 is 35.1 Å². The summed E-state index contributed by atoms with van der Waals surface area (Å²) < 4.78 is 95.3. The molecule has 1 aromatic heterocycles. The molecule has 314 valence electrons. The van der Waals surface area contributed by atoms with Gasteiger partial charge in [-0.05, 0) is 97.7 Å². The summed E-state index contributed by atoms with van der Waals surface area (Å²) in [5.41, 5.74) is 5.12. The molecule has 1 N–H and O–H groups in total. The first kappa shape index (κ1) is 43.5. The molecule has 0 fully saturated rings. The van der Waals surface area contributed by atoms with Crippen LogP contribution >= 0.6 is 11.3 Å². The lowest BCUT2D eigenvalue weighted by Crippen LogP contribution is -2.20. The number of nitrogens with zero attached hydrogens (tertiary/aromatic N) is 4. The highest BCUT2D eigenvalue weighted by Gasteiger charge is 2.30. The molecular formula is C49H41F4N4O3S2+. The fourth-order valence-corrected chi connectivity index (χ4v) is 9.51. The lowest BCUT2D eigenvalue weighted by atomic mass is 9.90. The van der Waals surface area contributed by atoms with Crippen LogP contribution in [0, 0.1) is 34.6 Å². The van der Waals surface area contributed by atoms with Crippen LogP contribution in [0.4, 0.5) is 45.3 Å². The smallest absolute Gasteiger partial charge is 0.277 e. The molecule has 13 heteroatoms. The number of allylic oxidation sites excluding steroid dienone is 5. The Kier molecular flexibility index (Phi) is 13.3. The second-order valence-electron chi connectivity index (χ2n) is 14.2. The van der Waals surface area contributed by atoms with Crippen molar-refractivity contribution in [3.8, 4) is 17.2 Å². The number of hydrogen-bond donors (Lipinski definition) is 1. The van der Waals surface area contributed by atoms with E-state index >= 15 is 17.6 Å². The molecule has 62 heavy (non-hydrogen) atoms. The fourth-order valence-electron chi connectivity index (χ4n) is 7.61. The van der Waals surface area contributed by atoms with Crippen LogP contribution in [0.1, 0.15) is 36.3 Å². The number of anilines is 4. The van der Waals surface area contributed by atoms with E-state index in [0.29, 0.717) is 54.8 Å². The average Bonchev–Trinajstić information content (AvgIpc) is 3.64. The lowest BCUT2D eigenvalue weighted by molar-refractivity contribution is -0.439. The van der Waals surface area contributed by atoms with E-state index in [1.54, 1.807) is 47.6 Å². The summed E-state index contributed by atoms with van der Waals surface area (Å²) in [6, 6.07) is 35.8. The molecule has 1 heterocycles. The molecule has 0 unspecified atom stereocenters. The van der Waals surface area contributed by atoms with Crippen LogP contribution < -0.4 is 9.80 Å². The fraction of sp³-hybridized carbons (Fsp3) is 0.143. The number of hydrogen-bond acceptors (Lipinski definition) is 6. The van der Waals surface area contributed by atoms with Crippen molar-refractivity contribution in [3.05, 3.63) is 190 Å². The molecule has 0 bridgehead atoms. The van der Waals surface area contributed by atoms with Crippen molar-refractivity contribution in [2.45, 2.75) is 20.3 Å². The van der Waals surface area contributed by atoms with Crippen LogP contribution in [0.15, 0.2) is 151 Å². The Bertz CT molecular complexity index is 2830. The van der Waals surface area contributed by atoms with Gasteiger partial charge in [0, 0.05) is 52.6 Å². The van der Waals surface area contributed by atoms with Gasteiger partial charge in [-0.2, -0.15) is 27.0 Å². The van der Waals surface area contributed by atoms with E-state index in [0.717, 1.165) is 5.56 Å². The zero-order valence-electron chi connectivity index (χ0n) is 33.8. The minimum Gasteiger partial charge on any atom is -0.337 e. The van der Waals surface area contributed by atoms with Crippen molar-refractivity contribution in [2.75, 3.05) is 35.2 Å². The minimum atomic E-state index is -4.28. The monoisotopic (exact) mass is 873 g/mol. The zero-order chi connectivity index (χ0) is 44.0. The molecule has 0 atom stereocenters. The number of para-hydroxylation sites is 3. The number of rotatable bonds is 14. The quantitative estimate of drug-likeness (QED) is 0.0666. The van der Waals surface area contributed by atoms with E-state index in [9.17, 15) is 18.2 Å². The van der Waals surface area contributed by atoms with Crippen LogP contribution in [0.5, 0.6) is 0 Å². The normalized spacial score (nSPS) is 12.4. The highest BCUT2D eigenvalue weighted by molar-refractivity contribution is 7.85. The van der Waals surface area contributed by atoms with Gasteiger partial charge in [-0.25, -0.2) is 8.78 Å². The first-order chi connectivity index (χ1) is 29.9. The maximum Gasteiger partial charge on any atom is 0.277 e. The van der Waals surface area contributed by atoms with Gasteiger partial charge >= 0.3 is 0 Å². The molecule has 0 saturated heterocycles. The van der Waals surface area contributed by atoms with E-state index in [4.69, 9.17) is 0 Å². The van der Waals surface area contributed by atoms with Gasteiger partial charge in [-0.1, -0.05) is 72.8 Å². The standard InChI is InChI=1S/C49H40F4N4O3S2/c1-3-55(46-40(50)18-11-19-41(46)51)37-26-22-34(23-27-37)44(35-24-28-38(29-25-35)56(4-2)47-42(52)20-12-21-43(47)53)48-45(33-14-7-5-8-15-33)39(32-54)49(61-48)57(30-13-31-62(58,59)60)36-16-9-6-10-17-36/h5-12,14-29H,3-4,13,30-31H2,1-2H3/p+1. The van der Waals surface area contributed by atoms with Crippen LogP contribution in [-0.4, -0.2) is 48.6 Å². The molecule has 0 spiro atoms. The third kappa shape index (κ3) is 9.18. The Morgan fingerprint density at radius 3 is 1.84 bits per heavy atom. The molecule has 7 rings (SSSR count). The maximum absolute atomic E-state index is 15.1. The molecule has 6 aromatic rings. The largest absolute Gasteiger partial charge is 0.337 e. The van der Waals surface area contributed by atoms with Gasteiger partial charge in [0.25, 0.3) is 15.8 Å². The number of thiophene rings is 1. The van der Waals surface area contributed by atoms with Crippen LogP contribution in [0.25, 0.3) is 16.7 Å². The third-order valence-electron chi connectivity index (χ3n) is 10.4. The van der Waals surface area contributed by atoms with Crippen molar-refractivity contribution in [2.24, 2.45) is 0 Å². The highest BCUT2D eigenvalue weighted by Crippen LogP contribution is 2.50. The van der Waals surface area contributed by atoms with Crippen molar-refractivity contribution >= 4 is 60.5 Å². The van der Waals surface area contributed by atoms with Gasteiger partial charge in [0.05, 0.1) is 11.3 Å². The molecule has 0 amide bonds. The van der Waals surface area contributed by atoms with Crippen molar-refractivity contribution in [1.29, 1.82) is 5.26 Å². The SMILES string of the molecule is CCN(c1ccc(C(=C2C=CC(=[N+](CC)c3c(F)cccc3F)C=C2)c2sc(N(CCCS(=O)(=O)O)c3ccccc3)c(C#N)c2-c2ccccc2)cc1)c1c(F)cccc1F. The number of halogens is 4. The molecule has 1 aliphatic carbocycles. The average molecular weight is 874 g/mol. The topological polar surface area (TPSA) is 87.7 Å². The van der Waals surface area contributed by atoms with E-state index < -0.39 is 39.1 Å². The van der Waals surface area contributed by atoms with Gasteiger partial charge in [-0.15, -0.1) is 11.3 Å². The molecule has 7 nitrogen and oxygen atoms in total. The summed E-state index contributed by atoms with van der Waals surface area (Å²) in [7, 11) is -4.28. The third-order valence-corrected chi connectivity index (χ3v) is 12.4. The molecule has 1 aliphatic rings. The molecule has 0 saturated carbocycles. The van der Waals surface area contributed by atoms with Crippen LogP contribution in [0.2, 0.25) is 0 Å². The highest BCUT2D eigenvalue weighted by atomic mass is 32.2. The van der Waals surface area contributed by atoms with Crippen molar-refractivity contribution in [3.63, 3.8) is 0 Å². The first-order valence-electron chi connectivity index (χ1n) is 19.8. The second kappa shape index (κ2) is 19.0. The number of benzene rings is 5. The van der Waals surface area contributed by atoms with Crippen molar-refractivity contribution in [1.82, 2.24) is 0 Å². The van der Waals surface area contributed by atoms with E-state index in [-0.39, 0.29) is 37.4 Å². The predicted molar refractivity (Wildman–Crippen MR) is 241 cm³/mol. The van der Waals surface area contributed by atoms with Crippen LogP contribution in [-0.2, 0) is 10.1 Å². The Balaban J connectivity index is 1.48. The van der Waals surface area contributed by atoms with Gasteiger partial charge < -0.3 is 9.80 Å². The van der Waals surface area contributed by atoms with Gasteiger partial charge in [0.15, 0.2) is 11.6 Å². The number of nitriles is 1. The molecule has 0 radical (unpaired) electrons. The summed E-state index contributed by atoms with van der Waals surface area (Å²) in [5.74, 6) is -3.32. The van der Waals surface area contributed by atoms with Gasteiger partial charge in [-0.3, -0.25) is 4.55 Å². The maximum atomic E-state index is 15.1. The van der Waals surface area contributed by atoms with Crippen LogP contribution in [0.3, 0.4) is 0 Å². The lowest BCUT2D eigenvalue weighted by Gasteiger charge is -2.25. The minimum absolute atomic E-state index is 0.0546. The summed E-state index contributed by atoms with van der Waals surface area (Å²) in [4.78, 5) is 4.10. The Morgan fingerprint density at radius 1 is 0.726 bits per heavy atom. The Labute approximate surface area is 362 Å². The zero-order valence-corrected chi connectivity index (χ0v) is 35.4. The first-order valence-corrected chi connectivity index (χ1v) is 22.3. The molecule has 5 aromatic carbocycles. The van der Waals surface area contributed by atoms with E-state index in [1.165, 1.54) is 47.7 Å². The summed E-state index contributed by atoms with van der Waals surface area (Å²) in [6.07, 6.45) is 7.28. The molecule has 0 aliphatic heterocycles. The second-order valence-corrected chi connectivity index (χ2v) is 16.8. The predicted octanol–water partition coefficient (Wildman–Crippen LogP) is 12.2. The van der Waals surface area contributed by atoms with Gasteiger partial charge in [0.1, 0.15) is 34.9 Å². The summed E-state index contributed by atoms with van der Waals surface area (Å²) in [5, 5.41) is 11.6. The molecular weight excluding hydrogens is 833 g/mol. The Hall–Kier alpha value is -6.59.